The van der Waals surface area contributed by atoms with E-state index >= 15 is 0 Å². The van der Waals surface area contributed by atoms with Gasteiger partial charge in [0.25, 0.3) is 0 Å². The fraction of sp³-hybridized carbons (Fsp3) is 0.955. The molecule has 2 nitrogen and oxygen atoms in total. The first kappa shape index (κ1) is 17.1. The Morgan fingerprint density at radius 3 is 2.38 bits per heavy atom. The van der Waals surface area contributed by atoms with Crippen molar-refractivity contribution in [3.05, 3.63) is 0 Å². The number of rotatable bonds is 1. The Labute approximate surface area is 148 Å². The molecule has 0 bridgehead atoms. The molecule has 0 aromatic heterocycles. The molecule has 4 aliphatic rings. The third kappa shape index (κ3) is 2.27. The van der Waals surface area contributed by atoms with Crippen molar-refractivity contribution < 1.29 is 5.11 Å². The minimum Gasteiger partial charge on any atom is -0.393 e. The first-order valence-corrected chi connectivity index (χ1v) is 10.5. The van der Waals surface area contributed by atoms with E-state index in [9.17, 15) is 5.11 Å². The Hall–Kier alpha value is -0.370. The summed E-state index contributed by atoms with van der Waals surface area (Å²) in [6.07, 6.45) is 11.8. The van der Waals surface area contributed by atoms with E-state index < -0.39 is 0 Å². The highest BCUT2D eigenvalue weighted by Crippen LogP contribution is 2.67. The summed E-state index contributed by atoms with van der Waals surface area (Å²) in [6, 6.07) is 0. The fourth-order valence-electron chi connectivity index (χ4n) is 8.08. The van der Waals surface area contributed by atoms with Gasteiger partial charge in [0.2, 0.25) is 0 Å². The van der Waals surface area contributed by atoms with Crippen LogP contribution in [-0.4, -0.2) is 24.0 Å². The monoisotopic (exact) mass is 331 g/mol. The Bertz CT molecular complexity index is 528. The molecule has 4 rings (SSSR count). The van der Waals surface area contributed by atoms with Crippen molar-refractivity contribution in [2.24, 2.45) is 45.4 Å². The van der Waals surface area contributed by atoms with Gasteiger partial charge >= 0.3 is 0 Å². The van der Waals surface area contributed by atoms with E-state index in [1.54, 1.807) is 0 Å². The van der Waals surface area contributed by atoms with E-state index in [1.165, 1.54) is 50.7 Å². The van der Waals surface area contributed by atoms with Crippen LogP contribution in [0.1, 0.15) is 78.6 Å². The summed E-state index contributed by atoms with van der Waals surface area (Å²) in [5.41, 5.74) is 2.41. The molecule has 0 amide bonds. The summed E-state index contributed by atoms with van der Waals surface area (Å²) in [6.45, 7) is 7.46. The summed E-state index contributed by atoms with van der Waals surface area (Å²) < 4.78 is 0. The van der Waals surface area contributed by atoms with Gasteiger partial charge in [0.15, 0.2) is 0 Å². The van der Waals surface area contributed by atoms with Crippen molar-refractivity contribution >= 4 is 5.71 Å². The van der Waals surface area contributed by atoms with Crippen molar-refractivity contribution in [3.63, 3.8) is 0 Å². The highest BCUT2D eigenvalue weighted by Gasteiger charge is 2.60. The second kappa shape index (κ2) is 5.83. The van der Waals surface area contributed by atoms with Gasteiger partial charge in [-0.15, -0.1) is 0 Å². The molecule has 0 spiro atoms. The molecule has 136 valence electrons. The lowest BCUT2D eigenvalue weighted by atomic mass is 9.44. The van der Waals surface area contributed by atoms with Crippen LogP contribution in [0.15, 0.2) is 4.99 Å². The topological polar surface area (TPSA) is 32.6 Å². The van der Waals surface area contributed by atoms with Gasteiger partial charge in [0, 0.05) is 18.7 Å². The molecule has 4 saturated carbocycles. The SMILES string of the molecule is C/N=C(\C)[C@H]1CC[C@H]2[C@@H]3CC[C@H]4C[C@@H](O)CC[C@]4(C)[C@H]3CC[C@]12C. The molecule has 0 saturated heterocycles. The van der Waals surface area contributed by atoms with Gasteiger partial charge in [-0.25, -0.2) is 0 Å². The van der Waals surface area contributed by atoms with Crippen molar-refractivity contribution in [3.8, 4) is 0 Å². The number of hydrogen-bond donors (Lipinski definition) is 1. The van der Waals surface area contributed by atoms with Crippen molar-refractivity contribution in [1.82, 2.24) is 0 Å². The van der Waals surface area contributed by atoms with E-state index in [1.807, 2.05) is 7.05 Å². The van der Waals surface area contributed by atoms with Gasteiger partial charge in [-0.1, -0.05) is 13.8 Å². The zero-order valence-corrected chi connectivity index (χ0v) is 16.2. The number of fused-ring (bicyclic) bond motifs is 5. The van der Waals surface area contributed by atoms with E-state index in [4.69, 9.17) is 0 Å². The molecule has 2 heteroatoms. The third-order valence-corrected chi connectivity index (χ3v) is 9.50. The normalized spacial score (nSPS) is 54.8. The summed E-state index contributed by atoms with van der Waals surface area (Å²) in [5.74, 6) is 4.28. The van der Waals surface area contributed by atoms with Crippen molar-refractivity contribution in [1.29, 1.82) is 0 Å². The Balaban J connectivity index is 1.61. The van der Waals surface area contributed by atoms with Crippen LogP contribution in [0.5, 0.6) is 0 Å². The van der Waals surface area contributed by atoms with E-state index in [0.717, 1.165) is 42.4 Å². The standard InChI is InChI=1S/C22H37NO/c1-14(23-4)18-7-8-19-17-6-5-15-13-16(24)9-11-21(15,2)20(17)10-12-22(18,19)3/h15-20,24H,5-13H2,1-4H3/b23-14+/t15-,16-,17-,18+,19-,20-,21-,22+/m0/s1. The zero-order valence-electron chi connectivity index (χ0n) is 16.2. The highest BCUT2D eigenvalue weighted by molar-refractivity contribution is 5.85. The maximum Gasteiger partial charge on any atom is 0.0543 e. The second-order valence-electron chi connectivity index (χ2n) is 10.1. The first-order chi connectivity index (χ1) is 11.4. The minimum absolute atomic E-state index is 0.0206. The summed E-state index contributed by atoms with van der Waals surface area (Å²) in [7, 11) is 1.98. The number of aliphatic hydroxyl groups excluding tert-OH is 1. The predicted octanol–water partition coefficient (Wildman–Crippen LogP) is 5.10. The number of aliphatic imine (C=N–C) groups is 1. The van der Waals surface area contributed by atoms with E-state index in [-0.39, 0.29) is 6.10 Å². The van der Waals surface area contributed by atoms with E-state index in [2.05, 4.69) is 25.8 Å². The molecule has 0 unspecified atom stereocenters. The maximum absolute atomic E-state index is 10.2. The summed E-state index contributed by atoms with van der Waals surface area (Å²) in [5, 5.41) is 10.2. The quantitative estimate of drug-likeness (QED) is 0.666. The van der Waals surface area contributed by atoms with Gasteiger partial charge in [-0.3, -0.25) is 4.99 Å². The molecule has 1 N–H and O–H groups in total. The van der Waals surface area contributed by atoms with Crippen LogP contribution in [0.25, 0.3) is 0 Å². The lowest BCUT2D eigenvalue weighted by Gasteiger charge is -2.61. The fourth-order valence-corrected chi connectivity index (χ4v) is 8.08. The highest BCUT2D eigenvalue weighted by atomic mass is 16.3. The van der Waals surface area contributed by atoms with Crippen LogP contribution >= 0.6 is 0 Å². The lowest BCUT2D eigenvalue weighted by Crippen LogP contribution is -2.54. The molecule has 0 radical (unpaired) electrons. The molecule has 0 aromatic carbocycles. The predicted molar refractivity (Wildman–Crippen MR) is 100 cm³/mol. The molecular weight excluding hydrogens is 294 g/mol. The van der Waals surface area contributed by atoms with E-state index in [0.29, 0.717) is 10.8 Å². The molecular formula is C22H37NO. The van der Waals surface area contributed by atoms with Crippen LogP contribution in [0, 0.1) is 40.4 Å². The molecule has 4 fully saturated rings. The van der Waals surface area contributed by atoms with Crippen LogP contribution in [-0.2, 0) is 0 Å². The maximum atomic E-state index is 10.2. The molecule has 24 heavy (non-hydrogen) atoms. The molecule has 8 atom stereocenters. The van der Waals surface area contributed by atoms with Gasteiger partial charge in [0.1, 0.15) is 0 Å². The van der Waals surface area contributed by atoms with Crippen LogP contribution in [0.4, 0.5) is 0 Å². The Morgan fingerprint density at radius 1 is 0.917 bits per heavy atom. The Morgan fingerprint density at radius 2 is 1.62 bits per heavy atom. The minimum atomic E-state index is -0.0206. The van der Waals surface area contributed by atoms with Crippen LogP contribution < -0.4 is 0 Å². The summed E-state index contributed by atoms with van der Waals surface area (Å²) >= 11 is 0. The number of aliphatic hydroxyl groups is 1. The third-order valence-electron chi connectivity index (χ3n) is 9.50. The second-order valence-corrected chi connectivity index (χ2v) is 10.1. The lowest BCUT2D eigenvalue weighted by molar-refractivity contribution is -0.123. The van der Waals surface area contributed by atoms with Crippen molar-refractivity contribution in [2.45, 2.75) is 84.7 Å². The average Bonchev–Trinajstić information content (AvgIpc) is 2.92. The molecule has 0 aromatic rings. The molecule has 4 aliphatic carbocycles. The summed E-state index contributed by atoms with van der Waals surface area (Å²) in [4.78, 5) is 4.59. The Kier molecular flexibility index (Phi) is 4.14. The number of nitrogens with zero attached hydrogens (tertiary/aromatic N) is 1. The van der Waals surface area contributed by atoms with Gasteiger partial charge < -0.3 is 5.11 Å². The first-order valence-electron chi connectivity index (χ1n) is 10.5. The van der Waals surface area contributed by atoms with Crippen LogP contribution in [0.3, 0.4) is 0 Å². The average molecular weight is 332 g/mol. The molecule has 0 heterocycles. The zero-order chi connectivity index (χ0) is 17.1. The van der Waals surface area contributed by atoms with Crippen molar-refractivity contribution in [2.75, 3.05) is 7.05 Å². The smallest absolute Gasteiger partial charge is 0.0543 e. The largest absolute Gasteiger partial charge is 0.393 e. The molecule has 0 aliphatic heterocycles. The van der Waals surface area contributed by atoms with Crippen LogP contribution in [0.2, 0.25) is 0 Å². The number of hydrogen-bond acceptors (Lipinski definition) is 2. The van der Waals surface area contributed by atoms with Gasteiger partial charge in [-0.2, -0.15) is 0 Å². The van der Waals surface area contributed by atoms with Gasteiger partial charge in [0.05, 0.1) is 6.10 Å². The van der Waals surface area contributed by atoms with Gasteiger partial charge in [-0.05, 0) is 99.2 Å².